The van der Waals surface area contributed by atoms with Gasteiger partial charge in [0.15, 0.2) is 0 Å². The summed E-state index contributed by atoms with van der Waals surface area (Å²) in [7, 11) is 3.85. The van der Waals surface area contributed by atoms with Crippen molar-refractivity contribution in [1.82, 2.24) is 19.9 Å². The Labute approximate surface area is 145 Å². The van der Waals surface area contributed by atoms with E-state index in [0.29, 0.717) is 12.5 Å². The molecule has 8 heteroatoms. The van der Waals surface area contributed by atoms with Gasteiger partial charge in [-0.25, -0.2) is 13.8 Å². The zero-order valence-electron chi connectivity index (χ0n) is 14.4. The highest BCUT2D eigenvalue weighted by Crippen LogP contribution is 2.19. The minimum absolute atomic E-state index is 0.0708. The average molecular weight is 348 g/mol. The quantitative estimate of drug-likeness (QED) is 0.895. The van der Waals surface area contributed by atoms with E-state index in [1.807, 2.05) is 30.0 Å². The zero-order valence-corrected chi connectivity index (χ0v) is 14.4. The standard InChI is InChI=1S/C17H22F2N6/c1-24(2)16-5-6-21-17(23-16)22-12-4-3-7-25(10-12)11-13-14(18)8-20-9-15(13)19/h5-6,8-9,12H,3-4,7,10-11H2,1-2H3,(H,21,22,23). The summed E-state index contributed by atoms with van der Waals surface area (Å²) in [5, 5.41) is 3.33. The number of nitrogens with zero attached hydrogens (tertiary/aromatic N) is 5. The number of aromatic nitrogens is 3. The molecule has 6 nitrogen and oxygen atoms in total. The van der Waals surface area contributed by atoms with Gasteiger partial charge in [-0.3, -0.25) is 9.88 Å². The van der Waals surface area contributed by atoms with Crippen molar-refractivity contribution in [1.29, 1.82) is 0 Å². The predicted molar refractivity (Wildman–Crippen MR) is 92.4 cm³/mol. The van der Waals surface area contributed by atoms with Gasteiger partial charge in [-0.15, -0.1) is 0 Å². The summed E-state index contributed by atoms with van der Waals surface area (Å²) >= 11 is 0. The minimum atomic E-state index is -0.600. The van der Waals surface area contributed by atoms with Crippen molar-refractivity contribution in [3.8, 4) is 0 Å². The van der Waals surface area contributed by atoms with E-state index in [-0.39, 0.29) is 18.2 Å². The van der Waals surface area contributed by atoms with Crippen molar-refractivity contribution in [2.45, 2.75) is 25.4 Å². The molecule has 1 aliphatic heterocycles. The lowest BCUT2D eigenvalue weighted by Crippen LogP contribution is -2.42. The van der Waals surface area contributed by atoms with Crippen LogP contribution >= 0.6 is 0 Å². The topological polar surface area (TPSA) is 57.2 Å². The van der Waals surface area contributed by atoms with Crippen molar-refractivity contribution >= 4 is 11.8 Å². The number of likely N-dealkylation sites (tertiary alicyclic amines) is 1. The molecule has 1 aliphatic rings. The van der Waals surface area contributed by atoms with Gasteiger partial charge in [0.05, 0.1) is 12.4 Å². The van der Waals surface area contributed by atoms with Crippen LogP contribution in [0.2, 0.25) is 0 Å². The molecule has 1 unspecified atom stereocenters. The van der Waals surface area contributed by atoms with E-state index >= 15 is 0 Å². The van der Waals surface area contributed by atoms with E-state index in [4.69, 9.17) is 0 Å². The zero-order chi connectivity index (χ0) is 17.8. The van der Waals surface area contributed by atoms with Crippen LogP contribution in [0.25, 0.3) is 0 Å². The van der Waals surface area contributed by atoms with Gasteiger partial charge in [-0.05, 0) is 25.5 Å². The molecule has 0 aliphatic carbocycles. The van der Waals surface area contributed by atoms with E-state index in [0.717, 1.165) is 37.6 Å². The highest BCUT2D eigenvalue weighted by Gasteiger charge is 2.22. The summed E-state index contributed by atoms with van der Waals surface area (Å²) in [6, 6.07) is 1.98. The SMILES string of the molecule is CN(C)c1ccnc(NC2CCCN(Cc3c(F)cncc3F)C2)n1. The molecule has 1 atom stereocenters. The molecule has 134 valence electrons. The Morgan fingerprint density at radius 3 is 2.76 bits per heavy atom. The maximum Gasteiger partial charge on any atom is 0.224 e. The first-order chi connectivity index (χ1) is 12.0. The lowest BCUT2D eigenvalue weighted by atomic mass is 10.0. The molecule has 2 aromatic heterocycles. The second kappa shape index (κ2) is 7.69. The number of hydrogen-bond acceptors (Lipinski definition) is 6. The van der Waals surface area contributed by atoms with Crippen LogP contribution in [0.5, 0.6) is 0 Å². The normalized spacial score (nSPS) is 18.2. The first-order valence-corrected chi connectivity index (χ1v) is 8.30. The monoisotopic (exact) mass is 348 g/mol. The third-order valence-corrected chi connectivity index (χ3v) is 4.27. The molecular formula is C17H22F2N6. The van der Waals surface area contributed by atoms with Crippen LogP contribution in [-0.4, -0.2) is 53.1 Å². The highest BCUT2D eigenvalue weighted by molar-refractivity contribution is 5.41. The molecule has 1 saturated heterocycles. The van der Waals surface area contributed by atoms with Crippen molar-refractivity contribution in [2.24, 2.45) is 0 Å². The Hall–Kier alpha value is -2.35. The molecule has 3 heterocycles. The summed E-state index contributed by atoms with van der Waals surface area (Å²) in [4.78, 5) is 16.2. The molecule has 25 heavy (non-hydrogen) atoms. The summed E-state index contributed by atoms with van der Waals surface area (Å²) in [6.45, 7) is 1.71. The second-order valence-corrected chi connectivity index (χ2v) is 6.43. The van der Waals surface area contributed by atoms with Gasteiger partial charge >= 0.3 is 0 Å². The number of halogens is 2. The molecule has 0 saturated carbocycles. The van der Waals surface area contributed by atoms with Gasteiger partial charge in [-0.1, -0.05) is 0 Å². The largest absolute Gasteiger partial charge is 0.363 e. The van der Waals surface area contributed by atoms with Crippen molar-refractivity contribution in [3.63, 3.8) is 0 Å². The van der Waals surface area contributed by atoms with Gasteiger partial charge in [0.2, 0.25) is 5.95 Å². The van der Waals surface area contributed by atoms with Gasteiger partial charge < -0.3 is 10.2 Å². The van der Waals surface area contributed by atoms with E-state index in [1.165, 1.54) is 0 Å². The first kappa shape index (κ1) is 17.5. The Morgan fingerprint density at radius 1 is 1.28 bits per heavy atom. The third-order valence-electron chi connectivity index (χ3n) is 4.27. The molecular weight excluding hydrogens is 326 g/mol. The van der Waals surface area contributed by atoms with Crippen LogP contribution in [-0.2, 0) is 6.54 Å². The van der Waals surface area contributed by atoms with Crippen molar-refractivity contribution < 1.29 is 8.78 Å². The Bertz CT molecular complexity index is 704. The summed E-state index contributed by atoms with van der Waals surface area (Å²) in [5.74, 6) is 0.194. The maximum atomic E-state index is 13.8. The number of hydrogen-bond donors (Lipinski definition) is 1. The van der Waals surface area contributed by atoms with E-state index in [2.05, 4.69) is 20.3 Å². The van der Waals surface area contributed by atoms with Gasteiger partial charge in [0.1, 0.15) is 17.5 Å². The van der Waals surface area contributed by atoms with Gasteiger partial charge in [-0.2, -0.15) is 4.98 Å². The highest BCUT2D eigenvalue weighted by atomic mass is 19.1. The fourth-order valence-electron chi connectivity index (χ4n) is 2.98. The molecule has 2 aromatic rings. The third kappa shape index (κ3) is 4.39. The van der Waals surface area contributed by atoms with Crippen LogP contribution in [0.15, 0.2) is 24.7 Å². The Kier molecular flexibility index (Phi) is 5.37. The van der Waals surface area contributed by atoms with Crippen LogP contribution in [0, 0.1) is 11.6 Å². The first-order valence-electron chi connectivity index (χ1n) is 8.30. The van der Waals surface area contributed by atoms with Crippen LogP contribution < -0.4 is 10.2 Å². The maximum absolute atomic E-state index is 13.8. The number of nitrogens with one attached hydrogen (secondary N) is 1. The number of pyridine rings is 1. The van der Waals surface area contributed by atoms with E-state index in [9.17, 15) is 8.78 Å². The van der Waals surface area contributed by atoms with Crippen molar-refractivity contribution in [2.75, 3.05) is 37.4 Å². The summed E-state index contributed by atoms with van der Waals surface area (Å²) in [6.07, 6.45) is 5.73. The van der Waals surface area contributed by atoms with Crippen LogP contribution in [0.4, 0.5) is 20.5 Å². The van der Waals surface area contributed by atoms with Crippen LogP contribution in [0.1, 0.15) is 18.4 Å². The molecule has 0 spiro atoms. The molecule has 0 radical (unpaired) electrons. The number of rotatable bonds is 5. The molecule has 1 fully saturated rings. The molecule has 3 rings (SSSR count). The molecule has 0 bridgehead atoms. The second-order valence-electron chi connectivity index (χ2n) is 6.43. The lowest BCUT2D eigenvalue weighted by Gasteiger charge is -2.33. The summed E-state index contributed by atoms with van der Waals surface area (Å²) in [5.41, 5.74) is 0.0708. The lowest BCUT2D eigenvalue weighted by molar-refractivity contribution is 0.203. The minimum Gasteiger partial charge on any atom is -0.363 e. The number of anilines is 2. The molecule has 1 N–H and O–H groups in total. The van der Waals surface area contributed by atoms with E-state index in [1.54, 1.807) is 6.20 Å². The average Bonchev–Trinajstić information content (AvgIpc) is 2.59. The molecule has 0 amide bonds. The van der Waals surface area contributed by atoms with E-state index < -0.39 is 11.6 Å². The van der Waals surface area contributed by atoms with Crippen LogP contribution in [0.3, 0.4) is 0 Å². The van der Waals surface area contributed by atoms with Gasteiger partial charge in [0, 0.05) is 45.0 Å². The molecule has 0 aromatic carbocycles. The van der Waals surface area contributed by atoms with Crippen molar-refractivity contribution in [3.05, 3.63) is 41.9 Å². The fourth-order valence-corrected chi connectivity index (χ4v) is 2.98. The fraction of sp³-hybridized carbons (Fsp3) is 0.471. The van der Waals surface area contributed by atoms with Gasteiger partial charge in [0.25, 0.3) is 0 Å². The predicted octanol–water partition coefficient (Wildman–Crippen LogP) is 2.29. The summed E-state index contributed by atoms with van der Waals surface area (Å²) < 4.78 is 27.6. The number of piperidine rings is 1. The Morgan fingerprint density at radius 2 is 2.04 bits per heavy atom. The smallest absolute Gasteiger partial charge is 0.224 e. The Balaban J connectivity index is 1.64.